The van der Waals surface area contributed by atoms with Gasteiger partial charge in [-0.3, -0.25) is 4.79 Å². The summed E-state index contributed by atoms with van der Waals surface area (Å²) in [6, 6.07) is 0. The lowest BCUT2D eigenvalue weighted by atomic mass is 9.97. The molecule has 6 nitrogen and oxygen atoms in total. The summed E-state index contributed by atoms with van der Waals surface area (Å²) in [6.07, 6.45) is 4.32. The molecule has 0 bridgehead atoms. The van der Waals surface area contributed by atoms with Crippen molar-refractivity contribution in [2.24, 2.45) is 5.92 Å². The number of nitrogens with zero attached hydrogens (tertiary/aromatic N) is 2. The van der Waals surface area contributed by atoms with Crippen LogP contribution in [0.5, 0.6) is 0 Å². The smallest absolute Gasteiger partial charge is 0.229 e. The number of hydrogen-bond donors (Lipinski definition) is 1. The molecule has 1 aromatic rings. The van der Waals surface area contributed by atoms with E-state index in [1.54, 1.807) is 13.8 Å². The number of amides is 1. The summed E-state index contributed by atoms with van der Waals surface area (Å²) in [6.45, 7) is 8.38. The number of sulfonamides is 1. The van der Waals surface area contributed by atoms with Crippen molar-refractivity contribution in [3.63, 3.8) is 0 Å². The first-order valence-corrected chi connectivity index (χ1v) is 11.4. The van der Waals surface area contributed by atoms with E-state index in [9.17, 15) is 13.2 Å². The third-order valence-corrected chi connectivity index (χ3v) is 7.75. The van der Waals surface area contributed by atoms with E-state index in [4.69, 9.17) is 0 Å². The minimum atomic E-state index is -3.26. The van der Waals surface area contributed by atoms with Crippen LogP contribution in [-0.4, -0.2) is 35.4 Å². The number of carbonyl (C=O) groups is 1. The molecule has 1 aromatic heterocycles. The Hall–Kier alpha value is -0.990. The molecule has 1 aliphatic rings. The number of aromatic nitrogens is 1. The van der Waals surface area contributed by atoms with Gasteiger partial charge in [0.1, 0.15) is 0 Å². The summed E-state index contributed by atoms with van der Waals surface area (Å²) >= 11 is 1.40. The molecule has 2 heterocycles. The molecule has 0 unspecified atom stereocenters. The number of rotatable bonds is 8. The maximum Gasteiger partial charge on any atom is 0.229 e. The van der Waals surface area contributed by atoms with E-state index in [0.717, 1.165) is 36.3 Å². The van der Waals surface area contributed by atoms with E-state index < -0.39 is 15.3 Å². The van der Waals surface area contributed by atoms with Gasteiger partial charge in [-0.1, -0.05) is 26.7 Å². The molecule has 0 radical (unpaired) electrons. The highest BCUT2D eigenvalue weighted by Gasteiger charge is 2.31. The fourth-order valence-corrected chi connectivity index (χ4v) is 5.41. The second kappa shape index (κ2) is 8.60. The maximum absolute atomic E-state index is 12.5. The standard InChI is InChI=1S/C17H29N3O3S2/c1-5-7-13(8-6-2)16(21)19-17-18-14-9-10-20(11-15(14)24-17)25(22,23)12(3)4/h12-13H,5-11H2,1-4H3,(H,18,19,21). The highest BCUT2D eigenvalue weighted by atomic mass is 32.2. The van der Waals surface area contributed by atoms with E-state index in [2.05, 4.69) is 24.1 Å². The van der Waals surface area contributed by atoms with Gasteiger partial charge in [0.25, 0.3) is 0 Å². The van der Waals surface area contributed by atoms with Crippen LogP contribution in [0.3, 0.4) is 0 Å². The fraction of sp³-hybridized carbons (Fsp3) is 0.765. The molecular weight excluding hydrogens is 358 g/mol. The third-order valence-electron chi connectivity index (χ3n) is 4.53. The van der Waals surface area contributed by atoms with Crippen molar-refractivity contribution in [2.75, 3.05) is 11.9 Å². The molecule has 0 aromatic carbocycles. The average Bonchev–Trinajstić information content (AvgIpc) is 2.95. The van der Waals surface area contributed by atoms with E-state index in [-0.39, 0.29) is 11.8 Å². The largest absolute Gasteiger partial charge is 0.302 e. The quantitative estimate of drug-likeness (QED) is 0.741. The van der Waals surface area contributed by atoms with Crippen LogP contribution in [0.2, 0.25) is 0 Å². The van der Waals surface area contributed by atoms with Crippen LogP contribution in [-0.2, 0) is 27.8 Å². The molecule has 25 heavy (non-hydrogen) atoms. The Bertz CT molecular complexity index is 692. The molecule has 0 aliphatic carbocycles. The van der Waals surface area contributed by atoms with Crippen LogP contribution < -0.4 is 5.32 Å². The predicted octanol–water partition coefficient (Wildman–Crippen LogP) is 3.39. The Balaban J connectivity index is 2.08. The number of nitrogens with one attached hydrogen (secondary N) is 1. The van der Waals surface area contributed by atoms with Crippen molar-refractivity contribution in [2.45, 2.75) is 71.6 Å². The number of thiazole rings is 1. The predicted molar refractivity (Wildman–Crippen MR) is 102 cm³/mol. The second-order valence-electron chi connectivity index (χ2n) is 6.83. The average molecular weight is 388 g/mol. The lowest BCUT2D eigenvalue weighted by Gasteiger charge is -2.26. The summed E-state index contributed by atoms with van der Waals surface area (Å²) in [7, 11) is -3.26. The Morgan fingerprint density at radius 1 is 1.28 bits per heavy atom. The number of carbonyl (C=O) groups excluding carboxylic acids is 1. The van der Waals surface area contributed by atoms with Crippen LogP contribution in [0.25, 0.3) is 0 Å². The molecule has 8 heteroatoms. The first-order chi connectivity index (χ1) is 11.8. The molecule has 0 spiro atoms. The maximum atomic E-state index is 12.5. The van der Waals surface area contributed by atoms with Crippen LogP contribution >= 0.6 is 11.3 Å². The van der Waals surface area contributed by atoms with Crippen molar-refractivity contribution in [1.82, 2.24) is 9.29 Å². The van der Waals surface area contributed by atoms with E-state index in [0.29, 0.717) is 24.6 Å². The fourth-order valence-electron chi connectivity index (χ4n) is 3.05. The van der Waals surface area contributed by atoms with Crippen LogP contribution in [0.4, 0.5) is 5.13 Å². The van der Waals surface area contributed by atoms with E-state index in [1.807, 2.05) is 0 Å². The third kappa shape index (κ3) is 4.80. The van der Waals surface area contributed by atoms with Crippen LogP contribution in [0, 0.1) is 5.92 Å². The van der Waals surface area contributed by atoms with Gasteiger partial charge < -0.3 is 5.32 Å². The minimum Gasteiger partial charge on any atom is -0.302 e. The van der Waals surface area contributed by atoms with Gasteiger partial charge >= 0.3 is 0 Å². The van der Waals surface area contributed by atoms with Crippen molar-refractivity contribution in [3.05, 3.63) is 10.6 Å². The Morgan fingerprint density at radius 3 is 2.48 bits per heavy atom. The molecule has 0 atom stereocenters. The highest BCUT2D eigenvalue weighted by Crippen LogP contribution is 2.30. The highest BCUT2D eigenvalue weighted by molar-refractivity contribution is 7.89. The van der Waals surface area contributed by atoms with E-state index in [1.165, 1.54) is 15.6 Å². The second-order valence-corrected chi connectivity index (χ2v) is 10.4. The molecule has 0 fully saturated rings. The molecular formula is C17H29N3O3S2. The Labute approximate surface area is 155 Å². The lowest BCUT2D eigenvalue weighted by molar-refractivity contribution is -0.120. The Morgan fingerprint density at radius 2 is 1.92 bits per heavy atom. The van der Waals surface area contributed by atoms with Crippen molar-refractivity contribution in [3.8, 4) is 0 Å². The van der Waals surface area contributed by atoms with Crippen LogP contribution in [0.15, 0.2) is 0 Å². The normalized spacial score (nSPS) is 15.6. The number of fused-ring (bicyclic) bond motifs is 1. The number of hydrogen-bond acceptors (Lipinski definition) is 5. The topological polar surface area (TPSA) is 79.4 Å². The van der Waals surface area contributed by atoms with Gasteiger partial charge in [-0.15, -0.1) is 11.3 Å². The summed E-state index contributed by atoms with van der Waals surface area (Å²) in [5.74, 6) is 0.0511. The van der Waals surface area contributed by atoms with Gasteiger partial charge in [0, 0.05) is 30.3 Å². The molecule has 0 saturated heterocycles. The first-order valence-electron chi connectivity index (χ1n) is 9.07. The molecule has 1 aliphatic heterocycles. The van der Waals surface area contributed by atoms with Gasteiger partial charge in [0.2, 0.25) is 15.9 Å². The van der Waals surface area contributed by atoms with Gasteiger partial charge in [0.05, 0.1) is 10.9 Å². The monoisotopic (exact) mass is 387 g/mol. The summed E-state index contributed by atoms with van der Waals surface area (Å²) in [5, 5.41) is 3.11. The van der Waals surface area contributed by atoms with Crippen LogP contribution in [0.1, 0.15) is 63.9 Å². The zero-order valence-electron chi connectivity index (χ0n) is 15.5. The van der Waals surface area contributed by atoms with Gasteiger partial charge in [0.15, 0.2) is 5.13 Å². The summed E-state index contributed by atoms with van der Waals surface area (Å²) in [4.78, 5) is 17.9. The molecule has 1 amide bonds. The van der Waals surface area contributed by atoms with Gasteiger partial charge in [-0.25, -0.2) is 13.4 Å². The molecule has 142 valence electrons. The summed E-state index contributed by atoms with van der Waals surface area (Å²) < 4.78 is 26.2. The summed E-state index contributed by atoms with van der Waals surface area (Å²) in [5.41, 5.74) is 0.915. The number of anilines is 1. The molecule has 1 N–H and O–H groups in total. The van der Waals surface area contributed by atoms with Gasteiger partial charge in [-0.05, 0) is 26.7 Å². The minimum absolute atomic E-state index is 0.0220. The van der Waals surface area contributed by atoms with Crippen molar-refractivity contribution < 1.29 is 13.2 Å². The SMILES string of the molecule is CCCC(CCC)C(=O)Nc1nc2c(s1)CN(S(=O)(=O)C(C)C)CC2. The first kappa shape index (κ1) is 20.3. The van der Waals surface area contributed by atoms with Crippen molar-refractivity contribution >= 4 is 32.4 Å². The lowest BCUT2D eigenvalue weighted by Crippen LogP contribution is -2.39. The Kier molecular flexibility index (Phi) is 6.99. The van der Waals surface area contributed by atoms with Crippen molar-refractivity contribution in [1.29, 1.82) is 0 Å². The molecule has 2 rings (SSSR count). The van der Waals surface area contributed by atoms with E-state index >= 15 is 0 Å². The zero-order chi connectivity index (χ0) is 18.6. The molecule has 0 saturated carbocycles. The van der Waals surface area contributed by atoms with Gasteiger partial charge in [-0.2, -0.15) is 4.31 Å². The zero-order valence-corrected chi connectivity index (χ0v) is 17.2.